The Bertz CT molecular complexity index is 270. The first-order chi connectivity index (χ1) is 5.72. The molecule has 1 aromatic rings. The summed E-state index contributed by atoms with van der Waals surface area (Å²) in [5.41, 5.74) is 0. The fourth-order valence-electron chi connectivity index (χ4n) is 0.793. The number of aryl methyl sites for hydroxylation is 1. The number of carbonyl (C=O) groups is 1. The Balaban J connectivity index is 2.47. The molecule has 0 fully saturated rings. The van der Waals surface area contributed by atoms with Crippen molar-refractivity contribution in [2.75, 3.05) is 0 Å². The molecule has 0 aliphatic heterocycles. The number of hydrogen-bond acceptors (Lipinski definition) is 3. The lowest BCUT2D eigenvalue weighted by Crippen LogP contribution is -2.18. The average molecular weight is 184 g/mol. The van der Waals surface area contributed by atoms with Crippen molar-refractivity contribution in [2.24, 2.45) is 0 Å². The largest absolute Gasteiger partial charge is 0.350 e. The molecule has 0 atom stereocenters. The predicted molar refractivity (Wildman–Crippen MR) is 49.0 cm³/mol. The van der Waals surface area contributed by atoms with Crippen LogP contribution in [0.1, 0.15) is 23.7 Å². The van der Waals surface area contributed by atoms with Crippen LogP contribution in [-0.4, -0.2) is 10.9 Å². The van der Waals surface area contributed by atoms with Gasteiger partial charge in [-0.05, 0) is 6.42 Å². The topological polar surface area (TPSA) is 42.0 Å². The van der Waals surface area contributed by atoms with E-state index in [-0.39, 0.29) is 5.91 Å². The molecule has 1 aromatic heterocycles. The van der Waals surface area contributed by atoms with E-state index in [0.717, 1.165) is 11.4 Å². The zero-order chi connectivity index (χ0) is 8.97. The van der Waals surface area contributed by atoms with Gasteiger partial charge in [-0.3, -0.25) is 4.79 Å². The van der Waals surface area contributed by atoms with Gasteiger partial charge in [-0.2, -0.15) is 0 Å². The minimum atomic E-state index is -0.0109. The zero-order valence-corrected chi connectivity index (χ0v) is 8.07. The summed E-state index contributed by atoms with van der Waals surface area (Å²) < 4.78 is 0. The molecule has 1 heterocycles. The number of amides is 1. The van der Waals surface area contributed by atoms with Crippen molar-refractivity contribution >= 4 is 17.2 Å². The molecule has 0 radical (unpaired) electrons. The second kappa shape index (κ2) is 4.21. The lowest BCUT2D eigenvalue weighted by atomic mass is 10.4. The van der Waals surface area contributed by atoms with Crippen LogP contribution in [0.2, 0.25) is 0 Å². The van der Waals surface area contributed by atoms with E-state index in [1.165, 1.54) is 11.8 Å². The van der Waals surface area contributed by atoms with Gasteiger partial charge in [0.05, 0.1) is 6.54 Å². The molecule has 1 N–H and O–H groups in total. The quantitative estimate of drug-likeness (QED) is 0.770. The molecule has 1 amide bonds. The van der Waals surface area contributed by atoms with Gasteiger partial charge in [-0.25, -0.2) is 4.98 Å². The summed E-state index contributed by atoms with van der Waals surface area (Å²) in [6.07, 6.45) is 2.87. The van der Waals surface area contributed by atoms with Crippen LogP contribution in [0.15, 0.2) is 6.20 Å². The second-order valence-corrected chi connectivity index (χ2v) is 3.68. The van der Waals surface area contributed by atoms with Gasteiger partial charge in [0, 0.05) is 18.0 Å². The van der Waals surface area contributed by atoms with Gasteiger partial charge < -0.3 is 5.32 Å². The van der Waals surface area contributed by atoms with Crippen LogP contribution in [0.4, 0.5) is 0 Å². The molecule has 0 bridgehead atoms. The molecule has 0 saturated heterocycles. The summed E-state index contributed by atoms with van der Waals surface area (Å²) >= 11 is 1.65. The molecule has 3 nitrogen and oxygen atoms in total. The van der Waals surface area contributed by atoms with Crippen LogP contribution in [0.25, 0.3) is 0 Å². The first kappa shape index (κ1) is 9.19. The van der Waals surface area contributed by atoms with Crippen molar-refractivity contribution in [3.8, 4) is 0 Å². The monoisotopic (exact) mass is 184 g/mol. The van der Waals surface area contributed by atoms with Crippen molar-refractivity contribution in [1.29, 1.82) is 0 Å². The number of carbonyl (C=O) groups excluding carboxylic acids is 1. The van der Waals surface area contributed by atoms with E-state index < -0.39 is 0 Å². The molecule has 4 heteroatoms. The van der Waals surface area contributed by atoms with Crippen molar-refractivity contribution < 1.29 is 4.79 Å². The van der Waals surface area contributed by atoms with E-state index in [1.807, 2.05) is 6.20 Å². The van der Waals surface area contributed by atoms with E-state index in [4.69, 9.17) is 0 Å². The smallest absolute Gasteiger partial charge is 0.217 e. The molecule has 1 rings (SSSR count). The fraction of sp³-hybridized carbons (Fsp3) is 0.500. The highest BCUT2D eigenvalue weighted by Gasteiger charge is 1.99. The highest BCUT2D eigenvalue weighted by Crippen LogP contribution is 2.12. The first-order valence-electron chi connectivity index (χ1n) is 3.90. The van der Waals surface area contributed by atoms with E-state index in [9.17, 15) is 4.79 Å². The third-order valence-electron chi connectivity index (χ3n) is 1.44. The lowest BCUT2D eigenvalue weighted by Gasteiger charge is -1.95. The van der Waals surface area contributed by atoms with Gasteiger partial charge in [0.15, 0.2) is 0 Å². The van der Waals surface area contributed by atoms with Crippen molar-refractivity contribution in [3.63, 3.8) is 0 Å². The highest BCUT2D eigenvalue weighted by atomic mass is 32.1. The summed E-state index contributed by atoms with van der Waals surface area (Å²) in [7, 11) is 0. The maximum atomic E-state index is 10.6. The van der Waals surface area contributed by atoms with Crippen LogP contribution in [0.3, 0.4) is 0 Å². The number of rotatable bonds is 3. The Hall–Kier alpha value is -0.900. The molecule has 0 aliphatic carbocycles. The van der Waals surface area contributed by atoms with Gasteiger partial charge in [0.2, 0.25) is 5.91 Å². The zero-order valence-electron chi connectivity index (χ0n) is 7.26. The van der Waals surface area contributed by atoms with Crippen LogP contribution in [-0.2, 0) is 17.8 Å². The molecule has 12 heavy (non-hydrogen) atoms. The van der Waals surface area contributed by atoms with Crippen molar-refractivity contribution in [1.82, 2.24) is 10.3 Å². The van der Waals surface area contributed by atoms with Crippen LogP contribution in [0, 0.1) is 0 Å². The van der Waals surface area contributed by atoms with Gasteiger partial charge in [-0.1, -0.05) is 6.92 Å². The van der Waals surface area contributed by atoms with Crippen molar-refractivity contribution in [3.05, 3.63) is 16.1 Å². The number of aromatic nitrogens is 1. The molecule has 0 aromatic carbocycles. The summed E-state index contributed by atoms with van der Waals surface area (Å²) in [5, 5.41) is 3.68. The van der Waals surface area contributed by atoms with Gasteiger partial charge in [0.25, 0.3) is 0 Å². The molecular formula is C8H12N2OS. The molecule has 0 spiro atoms. The third kappa shape index (κ3) is 2.62. The Morgan fingerprint density at radius 2 is 2.50 bits per heavy atom. The van der Waals surface area contributed by atoms with E-state index in [1.54, 1.807) is 11.3 Å². The summed E-state index contributed by atoms with van der Waals surface area (Å²) in [6.45, 7) is 4.16. The predicted octanol–water partition coefficient (Wildman–Crippen LogP) is 1.34. The Kier molecular flexibility index (Phi) is 3.22. The number of nitrogens with one attached hydrogen (secondary N) is 1. The van der Waals surface area contributed by atoms with E-state index in [2.05, 4.69) is 17.2 Å². The Morgan fingerprint density at radius 1 is 1.75 bits per heavy atom. The molecule has 66 valence electrons. The van der Waals surface area contributed by atoms with Gasteiger partial charge in [-0.15, -0.1) is 11.3 Å². The first-order valence-corrected chi connectivity index (χ1v) is 4.72. The third-order valence-corrected chi connectivity index (χ3v) is 2.58. The summed E-state index contributed by atoms with van der Waals surface area (Å²) in [6, 6.07) is 0. The second-order valence-electron chi connectivity index (χ2n) is 2.48. The Labute approximate surface area is 75.8 Å². The van der Waals surface area contributed by atoms with Crippen LogP contribution < -0.4 is 5.32 Å². The summed E-state index contributed by atoms with van der Waals surface area (Å²) in [4.78, 5) is 16.0. The van der Waals surface area contributed by atoms with Crippen molar-refractivity contribution in [2.45, 2.75) is 26.8 Å². The van der Waals surface area contributed by atoms with Crippen LogP contribution in [0.5, 0.6) is 0 Å². The Morgan fingerprint density at radius 3 is 3.00 bits per heavy atom. The number of nitrogens with zero attached hydrogens (tertiary/aromatic N) is 1. The SMILES string of the molecule is CCc1cnc(CNC(C)=O)s1. The standard InChI is InChI=1S/C8H12N2OS/c1-3-7-4-10-8(12-7)5-9-6(2)11/h4H,3,5H2,1-2H3,(H,9,11). The minimum absolute atomic E-state index is 0.0109. The van der Waals surface area contributed by atoms with Crippen LogP contribution >= 0.6 is 11.3 Å². The normalized spacial score (nSPS) is 9.83. The summed E-state index contributed by atoms with van der Waals surface area (Å²) in [5.74, 6) is -0.0109. The number of hydrogen-bond donors (Lipinski definition) is 1. The lowest BCUT2D eigenvalue weighted by molar-refractivity contribution is -0.119. The van der Waals surface area contributed by atoms with Gasteiger partial charge >= 0.3 is 0 Å². The van der Waals surface area contributed by atoms with Gasteiger partial charge in [0.1, 0.15) is 5.01 Å². The van der Waals surface area contributed by atoms with E-state index in [0.29, 0.717) is 6.54 Å². The van der Waals surface area contributed by atoms with E-state index >= 15 is 0 Å². The molecular weight excluding hydrogens is 172 g/mol. The molecule has 0 aliphatic rings. The average Bonchev–Trinajstić information content (AvgIpc) is 2.48. The number of thiazole rings is 1. The molecule has 0 saturated carbocycles. The maximum Gasteiger partial charge on any atom is 0.217 e. The fourth-order valence-corrected chi connectivity index (χ4v) is 1.60. The highest BCUT2D eigenvalue weighted by molar-refractivity contribution is 7.11. The maximum absolute atomic E-state index is 10.6. The molecule has 0 unspecified atom stereocenters. The minimum Gasteiger partial charge on any atom is -0.350 e.